The van der Waals surface area contributed by atoms with Gasteiger partial charge in [0.2, 0.25) is 0 Å². The number of benzene rings is 1. The van der Waals surface area contributed by atoms with E-state index in [0.717, 1.165) is 35.2 Å². The van der Waals surface area contributed by atoms with Crippen molar-refractivity contribution in [2.75, 3.05) is 6.54 Å². The quantitative estimate of drug-likeness (QED) is 0.742. The second-order valence-electron chi connectivity index (χ2n) is 4.33. The minimum absolute atomic E-state index is 0.817. The molecule has 0 radical (unpaired) electrons. The fourth-order valence-corrected chi connectivity index (χ4v) is 4.21. The zero-order chi connectivity index (χ0) is 14.4. The lowest BCUT2D eigenvalue weighted by Gasteiger charge is -2.01. The number of rotatable bonds is 7. The highest BCUT2D eigenvalue weighted by atomic mass is 35.5. The molecular formula is C15H19ClN2S2. The van der Waals surface area contributed by atoms with E-state index < -0.39 is 0 Å². The molecule has 2 nitrogen and oxygen atoms in total. The Kier molecular flexibility index (Phi) is 6.36. The first-order chi connectivity index (χ1) is 9.74. The van der Waals surface area contributed by atoms with Crippen LogP contribution in [0.1, 0.15) is 29.4 Å². The molecule has 0 saturated carbocycles. The second kappa shape index (κ2) is 8.03. The predicted molar refractivity (Wildman–Crippen MR) is 89.9 cm³/mol. The van der Waals surface area contributed by atoms with Crippen molar-refractivity contribution in [2.24, 2.45) is 0 Å². The summed E-state index contributed by atoms with van der Waals surface area (Å²) in [5.41, 5.74) is 1.23. The van der Waals surface area contributed by atoms with E-state index in [1.54, 1.807) is 11.8 Å². The highest BCUT2D eigenvalue weighted by Gasteiger charge is 2.10. The molecular weight excluding hydrogens is 308 g/mol. The number of aromatic nitrogens is 1. The first kappa shape index (κ1) is 15.8. The van der Waals surface area contributed by atoms with Crippen LogP contribution in [-0.4, -0.2) is 11.5 Å². The summed E-state index contributed by atoms with van der Waals surface area (Å²) in [6.45, 7) is 6.20. The van der Waals surface area contributed by atoms with Crippen LogP contribution in [0.3, 0.4) is 0 Å². The van der Waals surface area contributed by atoms with Gasteiger partial charge in [0.15, 0.2) is 0 Å². The number of hydrogen-bond acceptors (Lipinski definition) is 4. The molecule has 1 N–H and O–H groups in total. The van der Waals surface area contributed by atoms with Crippen LogP contribution in [0.4, 0.5) is 0 Å². The molecule has 1 aromatic heterocycles. The molecule has 0 amide bonds. The van der Waals surface area contributed by atoms with Gasteiger partial charge in [0.25, 0.3) is 0 Å². The molecule has 0 atom stereocenters. The Labute approximate surface area is 134 Å². The molecule has 2 aromatic rings. The Morgan fingerprint density at radius 1 is 1.30 bits per heavy atom. The smallest absolute Gasteiger partial charge is 0.103 e. The molecule has 1 heterocycles. The van der Waals surface area contributed by atoms with Crippen molar-refractivity contribution >= 4 is 34.7 Å². The molecule has 0 spiro atoms. The van der Waals surface area contributed by atoms with E-state index >= 15 is 0 Å². The molecule has 20 heavy (non-hydrogen) atoms. The molecule has 0 aliphatic rings. The van der Waals surface area contributed by atoms with Crippen molar-refractivity contribution in [2.45, 2.75) is 37.5 Å². The molecule has 0 bridgehead atoms. The largest absolute Gasteiger partial charge is 0.312 e. The maximum atomic E-state index is 6.17. The fraction of sp³-hybridized carbons (Fsp3) is 0.400. The third kappa shape index (κ3) is 4.22. The van der Waals surface area contributed by atoms with Crippen molar-refractivity contribution in [3.05, 3.63) is 44.9 Å². The Morgan fingerprint density at radius 3 is 2.80 bits per heavy atom. The number of hydrogen-bond donors (Lipinski definition) is 1. The van der Waals surface area contributed by atoms with Crippen LogP contribution in [0, 0.1) is 0 Å². The maximum Gasteiger partial charge on any atom is 0.103 e. The molecule has 1 aromatic carbocycles. The van der Waals surface area contributed by atoms with E-state index in [4.69, 9.17) is 16.6 Å². The van der Waals surface area contributed by atoms with Crippen LogP contribution in [0.5, 0.6) is 0 Å². The summed E-state index contributed by atoms with van der Waals surface area (Å²) in [6, 6.07) is 7.96. The van der Waals surface area contributed by atoms with Crippen LogP contribution in [-0.2, 0) is 18.7 Å². The standard InChI is InChI=1S/C15H19ClN2S2/c1-3-12-14(9-17-4-2)20-15(18-12)10-19-13-8-6-5-7-11(13)16/h5-8,17H,3-4,9-10H2,1-2H3. The van der Waals surface area contributed by atoms with Crippen molar-refractivity contribution < 1.29 is 0 Å². The van der Waals surface area contributed by atoms with Gasteiger partial charge in [-0.05, 0) is 25.1 Å². The third-order valence-electron chi connectivity index (χ3n) is 2.88. The number of halogens is 1. The van der Waals surface area contributed by atoms with Crippen LogP contribution < -0.4 is 5.32 Å². The predicted octanol–water partition coefficient (Wildman–Crippen LogP) is 4.76. The van der Waals surface area contributed by atoms with Crippen molar-refractivity contribution in [1.29, 1.82) is 0 Å². The topological polar surface area (TPSA) is 24.9 Å². The van der Waals surface area contributed by atoms with Gasteiger partial charge in [0.1, 0.15) is 5.01 Å². The number of thioether (sulfide) groups is 1. The molecule has 2 rings (SSSR count). The SMILES string of the molecule is CCNCc1sc(CSc2ccccc2Cl)nc1CC. The van der Waals surface area contributed by atoms with E-state index in [9.17, 15) is 0 Å². The lowest BCUT2D eigenvalue weighted by molar-refractivity contribution is 0.727. The lowest BCUT2D eigenvalue weighted by atomic mass is 10.3. The highest BCUT2D eigenvalue weighted by molar-refractivity contribution is 7.98. The summed E-state index contributed by atoms with van der Waals surface area (Å²) >= 11 is 9.74. The normalized spacial score (nSPS) is 10.9. The first-order valence-electron chi connectivity index (χ1n) is 6.80. The van der Waals surface area contributed by atoms with E-state index in [2.05, 4.69) is 25.2 Å². The van der Waals surface area contributed by atoms with Gasteiger partial charge >= 0.3 is 0 Å². The summed E-state index contributed by atoms with van der Waals surface area (Å²) in [5, 5.41) is 5.38. The van der Waals surface area contributed by atoms with E-state index in [1.807, 2.05) is 29.5 Å². The Hall–Kier alpha value is -0.550. The van der Waals surface area contributed by atoms with Crippen molar-refractivity contribution in [1.82, 2.24) is 10.3 Å². The van der Waals surface area contributed by atoms with Gasteiger partial charge in [0, 0.05) is 16.3 Å². The van der Waals surface area contributed by atoms with E-state index in [0.29, 0.717) is 0 Å². The number of nitrogens with zero attached hydrogens (tertiary/aromatic N) is 1. The zero-order valence-corrected chi connectivity index (χ0v) is 14.2. The minimum Gasteiger partial charge on any atom is -0.312 e. The zero-order valence-electron chi connectivity index (χ0n) is 11.8. The Balaban J connectivity index is 2.02. The van der Waals surface area contributed by atoms with Crippen LogP contribution in [0.2, 0.25) is 5.02 Å². The molecule has 0 saturated heterocycles. The van der Waals surface area contributed by atoms with Gasteiger partial charge in [-0.25, -0.2) is 4.98 Å². The monoisotopic (exact) mass is 326 g/mol. The van der Waals surface area contributed by atoms with Gasteiger partial charge in [0.05, 0.1) is 16.5 Å². The van der Waals surface area contributed by atoms with E-state index in [-0.39, 0.29) is 0 Å². The van der Waals surface area contributed by atoms with E-state index in [1.165, 1.54) is 15.6 Å². The van der Waals surface area contributed by atoms with Gasteiger partial charge in [-0.3, -0.25) is 0 Å². The molecule has 0 unspecified atom stereocenters. The number of aryl methyl sites for hydroxylation is 1. The third-order valence-corrected chi connectivity index (χ3v) is 5.69. The maximum absolute atomic E-state index is 6.17. The van der Waals surface area contributed by atoms with Crippen molar-refractivity contribution in [3.63, 3.8) is 0 Å². The van der Waals surface area contributed by atoms with Gasteiger partial charge in [-0.2, -0.15) is 0 Å². The molecule has 0 fully saturated rings. The molecule has 0 aliphatic carbocycles. The van der Waals surface area contributed by atoms with Crippen LogP contribution >= 0.6 is 34.7 Å². The summed E-state index contributed by atoms with van der Waals surface area (Å²) in [4.78, 5) is 7.23. The van der Waals surface area contributed by atoms with Crippen LogP contribution in [0.25, 0.3) is 0 Å². The fourth-order valence-electron chi connectivity index (χ4n) is 1.85. The molecule has 0 aliphatic heterocycles. The van der Waals surface area contributed by atoms with Crippen molar-refractivity contribution in [3.8, 4) is 0 Å². The molecule has 5 heteroatoms. The van der Waals surface area contributed by atoms with Gasteiger partial charge in [-0.15, -0.1) is 23.1 Å². The van der Waals surface area contributed by atoms with Gasteiger partial charge in [-0.1, -0.05) is 37.6 Å². The Bertz CT molecular complexity index is 555. The highest BCUT2D eigenvalue weighted by Crippen LogP contribution is 2.31. The second-order valence-corrected chi connectivity index (χ2v) is 6.92. The van der Waals surface area contributed by atoms with Gasteiger partial charge < -0.3 is 5.32 Å². The first-order valence-corrected chi connectivity index (χ1v) is 8.98. The lowest BCUT2D eigenvalue weighted by Crippen LogP contribution is -2.11. The minimum atomic E-state index is 0.817. The summed E-state index contributed by atoms with van der Waals surface area (Å²) in [5.74, 6) is 0.882. The summed E-state index contributed by atoms with van der Waals surface area (Å²) < 4.78 is 0. The summed E-state index contributed by atoms with van der Waals surface area (Å²) in [6.07, 6.45) is 0.994. The average Bonchev–Trinajstić information content (AvgIpc) is 2.86. The summed E-state index contributed by atoms with van der Waals surface area (Å²) in [7, 11) is 0. The molecule has 108 valence electrons. The average molecular weight is 327 g/mol. The van der Waals surface area contributed by atoms with Crippen LogP contribution in [0.15, 0.2) is 29.2 Å². The Morgan fingerprint density at radius 2 is 2.10 bits per heavy atom. The number of thiazole rings is 1. The number of nitrogens with one attached hydrogen (secondary N) is 1.